The second-order valence-electron chi connectivity index (χ2n) is 6.22. The first-order chi connectivity index (χ1) is 9.33. The highest BCUT2D eigenvalue weighted by atomic mass is 16.4. The van der Waals surface area contributed by atoms with Gasteiger partial charge in [0, 0.05) is 13.1 Å². The van der Waals surface area contributed by atoms with Crippen molar-refractivity contribution in [2.45, 2.75) is 44.2 Å². The van der Waals surface area contributed by atoms with Gasteiger partial charge in [-0.05, 0) is 19.3 Å². The number of rotatable bonds is 2. The topological polar surface area (TPSA) is 101 Å². The average Bonchev–Trinajstić information content (AvgIpc) is 2.65. The molecule has 0 aromatic heterocycles. The predicted molar refractivity (Wildman–Crippen MR) is 67.5 cm³/mol. The van der Waals surface area contributed by atoms with Crippen LogP contribution >= 0.6 is 0 Å². The first kappa shape index (κ1) is 13.8. The Labute approximate surface area is 116 Å². The number of fused-ring (bicyclic) bond motifs is 3. The second-order valence-corrected chi connectivity index (χ2v) is 6.22. The van der Waals surface area contributed by atoms with E-state index >= 15 is 0 Å². The normalized spacial score (nSPS) is 45.6. The molecule has 3 saturated heterocycles. The molecule has 1 amide bonds. The van der Waals surface area contributed by atoms with E-state index in [-0.39, 0.29) is 17.9 Å². The van der Waals surface area contributed by atoms with Crippen molar-refractivity contribution in [3.05, 3.63) is 0 Å². The lowest BCUT2D eigenvalue weighted by atomic mass is 9.71. The molecule has 0 aliphatic carbocycles. The number of aliphatic carboxylic acids is 1. The minimum atomic E-state index is -1.64. The lowest BCUT2D eigenvalue weighted by Gasteiger charge is -2.63. The summed E-state index contributed by atoms with van der Waals surface area (Å²) in [6.07, 6.45) is -1.55. The van der Waals surface area contributed by atoms with E-state index in [0.717, 1.165) is 0 Å². The summed E-state index contributed by atoms with van der Waals surface area (Å²) in [5.41, 5.74) is -1.64. The van der Waals surface area contributed by atoms with Crippen molar-refractivity contribution >= 4 is 11.9 Å². The van der Waals surface area contributed by atoms with Crippen molar-refractivity contribution in [1.29, 1.82) is 0 Å². The molecule has 0 spiro atoms. The van der Waals surface area contributed by atoms with Crippen molar-refractivity contribution in [2.24, 2.45) is 11.8 Å². The summed E-state index contributed by atoms with van der Waals surface area (Å²) < 4.78 is 0. The van der Waals surface area contributed by atoms with Gasteiger partial charge in [-0.15, -0.1) is 0 Å². The summed E-state index contributed by atoms with van der Waals surface area (Å²) >= 11 is 0. The Morgan fingerprint density at radius 1 is 1.50 bits per heavy atom. The number of carboxylic acid groups (broad SMARTS) is 1. The number of nitrogens with zero attached hydrogens (tertiary/aromatic N) is 2. The van der Waals surface area contributed by atoms with Crippen LogP contribution < -0.4 is 0 Å². The predicted octanol–water partition coefficient (Wildman–Crippen LogP) is -1.31. The molecule has 0 saturated carbocycles. The SMILES string of the molecule is C[C@@H](O)[C@H]1C(=O)N2[C@@H]1[C@@H](C)CN1CC[C@H](O)[C@@]12C(=O)O. The molecule has 3 fully saturated rings. The van der Waals surface area contributed by atoms with E-state index in [2.05, 4.69) is 0 Å². The number of β-lactam (4-membered cyclic amide) rings is 1. The summed E-state index contributed by atoms with van der Waals surface area (Å²) in [6.45, 7) is 4.49. The van der Waals surface area contributed by atoms with E-state index in [1.54, 1.807) is 11.8 Å². The van der Waals surface area contributed by atoms with E-state index in [9.17, 15) is 24.9 Å². The van der Waals surface area contributed by atoms with Crippen LogP contribution in [0, 0.1) is 11.8 Å². The molecule has 0 radical (unpaired) electrons. The Hall–Kier alpha value is -1.18. The zero-order valence-electron chi connectivity index (χ0n) is 11.6. The zero-order chi connectivity index (χ0) is 14.8. The summed E-state index contributed by atoms with van der Waals surface area (Å²) in [6, 6.07) is -0.317. The Balaban J connectivity index is 2.05. The fourth-order valence-electron chi connectivity index (χ4n) is 4.27. The maximum atomic E-state index is 12.3. The van der Waals surface area contributed by atoms with Crippen LogP contribution in [0.25, 0.3) is 0 Å². The van der Waals surface area contributed by atoms with Crippen LogP contribution in [-0.2, 0) is 9.59 Å². The Morgan fingerprint density at radius 3 is 2.70 bits per heavy atom. The summed E-state index contributed by atoms with van der Waals surface area (Å²) in [5, 5.41) is 29.6. The Morgan fingerprint density at radius 2 is 2.15 bits per heavy atom. The number of amides is 1. The van der Waals surface area contributed by atoms with Crippen LogP contribution in [0.5, 0.6) is 0 Å². The third-order valence-corrected chi connectivity index (χ3v) is 5.10. The van der Waals surface area contributed by atoms with Crippen LogP contribution in [0.15, 0.2) is 0 Å². The number of hydrogen-bond acceptors (Lipinski definition) is 5. The third-order valence-electron chi connectivity index (χ3n) is 5.10. The fraction of sp³-hybridized carbons (Fsp3) is 0.846. The number of aliphatic hydroxyl groups is 2. The van der Waals surface area contributed by atoms with Crippen molar-refractivity contribution in [3.63, 3.8) is 0 Å². The third kappa shape index (κ3) is 1.35. The molecule has 7 heteroatoms. The largest absolute Gasteiger partial charge is 0.478 e. The first-order valence-electron chi connectivity index (χ1n) is 7.01. The minimum Gasteiger partial charge on any atom is -0.478 e. The van der Waals surface area contributed by atoms with Gasteiger partial charge in [-0.25, -0.2) is 4.79 Å². The molecule has 0 aromatic rings. The van der Waals surface area contributed by atoms with Crippen LogP contribution in [0.3, 0.4) is 0 Å². The van der Waals surface area contributed by atoms with Crippen molar-refractivity contribution in [3.8, 4) is 0 Å². The fourth-order valence-corrected chi connectivity index (χ4v) is 4.27. The van der Waals surface area contributed by atoms with Gasteiger partial charge in [0.25, 0.3) is 0 Å². The van der Waals surface area contributed by atoms with Gasteiger partial charge in [-0.3, -0.25) is 9.69 Å². The van der Waals surface area contributed by atoms with Crippen LogP contribution in [0.4, 0.5) is 0 Å². The summed E-state index contributed by atoms with van der Waals surface area (Å²) in [7, 11) is 0. The second kappa shape index (κ2) is 4.16. The molecule has 7 nitrogen and oxygen atoms in total. The molecule has 3 heterocycles. The summed E-state index contributed by atoms with van der Waals surface area (Å²) in [4.78, 5) is 27.2. The molecule has 0 bridgehead atoms. The average molecular weight is 284 g/mol. The minimum absolute atomic E-state index is 0.0741. The van der Waals surface area contributed by atoms with Gasteiger partial charge in [-0.2, -0.15) is 0 Å². The molecule has 3 rings (SSSR count). The molecule has 3 aliphatic rings. The van der Waals surface area contributed by atoms with Gasteiger partial charge in [-0.1, -0.05) is 6.92 Å². The van der Waals surface area contributed by atoms with Gasteiger partial charge >= 0.3 is 5.97 Å². The van der Waals surface area contributed by atoms with Crippen LogP contribution in [0.1, 0.15) is 20.3 Å². The molecular formula is C13H20N2O5. The zero-order valence-corrected chi connectivity index (χ0v) is 11.6. The lowest BCUT2D eigenvalue weighted by Crippen LogP contribution is -2.84. The van der Waals surface area contributed by atoms with E-state index < -0.39 is 29.8 Å². The maximum absolute atomic E-state index is 12.3. The van der Waals surface area contributed by atoms with E-state index in [0.29, 0.717) is 19.5 Å². The number of hydrogen-bond donors (Lipinski definition) is 3. The quantitative estimate of drug-likeness (QED) is 0.544. The standard InChI is InChI=1S/C13H20N2O5/c1-6-5-14-4-3-8(17)13(14,12(19)20)15-10(6)9(7(2)16)11(15)18/h6-10,16-17H,3-5H2,1-2H3,(H,19,20)/t6-,7+,8-,9+,10+,13+/m0/s1. The molecule has 3 N–H and O–H groups in total. The lowest BCUT2D eigenvalue weighted by molar-refractivity contribution is -0.235. The number of carbonyl (C=O) groups excluding carboxylic acids is 1. The molecule has 6 atom stereocenters. The van der Waals surface area contributed by atoms with Crippen molar-refractivity contribution in [1.82, 2.24) is 9.80 Å². The van der Waals surface area contributed by atoms with Gasteiger partial charge in [0.15, 0.2) is 0 Å². The highest BCUT2D eigenvalue weighted by Crippen LogP contribution is 2.49. The molecule has 112 valence electrons. The highest BCUT2D eigenvalue weighted by Gasteiger charge is 2.71. The smallest absolute Gasteiger partial charge is 0.347 e. The van der Waals surface area contributed by atoms with Crippen molar-refractivity contribution < 1.29 is 24.9 Å². The number of carboxylic acids is 1. The van der Waals surface area contributed by atoms with Gasteiger partial charge in [0.05, 0.1) is 18.1 Å². The van der Waals surface area contributed by atoms with E-state index in [1.165, 1.54) is 4.90 Å². The molecule has 20 heavy (non-hydrogen) atoms. The molecule has 0 unspecified atom stereocenters. The molecule has 0 aromatic carbocycles. The van der Waals surface area contributed by atoms with Crippen molar-refractivity contribution in [2.75, 3.05) is 13.1 Å². The van der Waals surface area contributed by atoms with Crippen LogP contribution in [0.2, 0.25) is 0 Å². The molecule has 3 aliphatic heterocycles. The summed E-state index contributed by atoms with van der Waals surface area (Å²) in [5.74, 6) is -2.04. The van der Waals surface area contributed by atoms with E-state index in [4.69, 9.17) is 0 Å². The Kier molecular flexibility index (Phi) is 2.87. The first-order valence-corrected chi connectivity index (χ1v) is 7.01. The maximum Gasteiger partial charge on any atom is 0.347 e. The number of aliphatic hydroxyl groups excluding tert-OH is 2. The molecular weight excluding hydrogens is 264 g/mol. The monoisotopic (exact) mass is 284 g/mol. The van der Waals surface area contributed by atoms with E-state index in [1.807, 2.05) is 6.92 Å². The van der Waals surface area contributed by atoms with Gasteiger partial charge < -0.3 is 20.2 Å². The van der Waals surface area contributed by atoms with Crippen LogP contribution in [-0.4, -0.2) is 74.0 Å². The van der Waals surface area contributed by atoms with Gasteiger partial charge in [0.1, 0.15) is 6.10 Å². The Bertz CT molecular complexity index is 468. The highest BCUT2D eigenvalue weighted by molar-refractivity contribution is 5.94. The van der Waals surface area contributed by atoms with Gasteiger partial charge in [0.2, 0.25) is 11.6 Å². The number of carbonyl (C=O) groups is 2.